The zero-order valence-corrected chi connectivity index (χ0v) is 13.0. The quantitative estimate of drug-likeness (QED) is 0.657. The first-order chi connectivity index (χ1) is 10.2. The van der Waals surface area contributed by atoms with Gasteiger partial charge >= 0.3 is 5.97 Å². The predicted molar refractivity (Wildman–Crippen MR) is 91.1 cm³/mol. The molecular weight excluding hydrogens is 298 g/mol. The molecule has 1 atom stereocenters. The first-order valence-electron chi connectivity index (χ1n) is 6.87. The van der Waals surface area contributed by atoms with Crippen molar-refractivity contribution in [2.24, 2.45) is 5.73 Å². The number of carbonyl (C=O) groups is 1. The summed E-state index contributed by atoms with van der Waals surface area (Å²) in [4.78, 5) is 12.1. The van der Waals surface area contributed by atoms with E-state index in [4.69, 9.17) is 10.5 Å². The van der Waals surface area contributed by atoms with Crippen LogP contribution in [0.15, 0.2) is 73.3 Å². The van der Waals surface area contributed by atoms with Crippen molar-refractivity contribution in [3.05, 3.63) is 84.4 Å². The smallest absolute Gasteiger partial charge is 0.324 e. The summed E-state index contributed by atoms with van der Waals surface area (Å²) in [5, 5.41) is 0. The molecule has 0 aliphatic heterocycles. The molecule has 0 spiro atoms. The number of nitrogens with two attached hydrogens (primary N) is 1. The average Bonchev–Trinajstić information content (AvgIpc) is 2.54. The Morgan fingerprint density at radius 2 is 1.50 bits per heavy atom. The van der Waals surface area contributed by atoms with Crippen LogP contribution in [0.4, 0.5) is 0 Å². The Balaban J connectivity index is 0.00000242. The topological polar surface area (TPSA) is 52.3 Å². The molecule has 0 aliphatic carbocycles. The number of halogens is 1. The molecule has 4 heteroatoms. The SMILES string of the molecule is C=CCOC(=O)[C@@H](N)C(c1ccccc1)c1ccccc1.Cl. The predicted octanol–water partition coefficient (Wildman–Crippen LogP) is 3.30. The van der Waals surface area contributed by atoms with Crippen LogP contribution in [0.2, 0.25) is 0 Å². The van der Waals surface area contributed by atoms with E-state index in [1.54, 1.807) is 0 Å². The van der Waals surface area contributed by atoms with E-state index in [2.05, 4.69) is 6.58 Å². The number of hydrogen-bond donors (Lipinski definition) is 1. The lowest BCUT2D eigenvalue weighted by Crippen LogP contribution is -2.38. The number of benzene rings is 2. The van der Waals surface area contributed by atoms with Crippen LogP contribution in [-0.4, -0.2) is 18.6 Å². The van der Waals surface area contributed by atoms with Gasteiger partial charge in [-0.3, -0.25) is 4.79 Å². The maximum Gasteiger partial charge on any atom is 0.324 e. The minimum absolute atomic E-state index is 0. The van der Waals surface area contributed by atoms with Gasteiger partial charge in [0, 0.05) is 5.92 Å². The molecule has 116 valence electrons. The van der Waals surface area contributed by atoms with Gasteiger partial charge in [0.15, 0.2) is 0 Å². The highest BCUT2D eigenvalue weighted by Gasteiger charge is 2.28. The minimum atomic E-state index is -0.755. The van der Waals surface area contributed by atoms with E-state index < -0.39 is 12.0 Å². The number of ether oxygens (including phenoxy) is 1. The van der Waals surface area contributed by atoms with Gasteiger partial charge in [-0.2, -0.15) is 0 Å². The van der Waals surface area contributed by atoms with Crippen molar-refractivity contribution in [2.45, 2.75) is 12.0 Å². The molecule has 22 heavy (non-hydrogen) atoms. The highest BCUT2D eigenvalue weighted by Crippen LogP contribution is 2.27. The molecule has 2 aromatic carbocycles. The molecule has 0 radical (unpaired) electrons. The van der Waals surface area contributed by atoms with Gasteiger partial charge in [0.2, 0.25) is 0 Å². The van der Waals surface area contributed by atoms with Gasteiger partial charge in [0.05, 0.1) is 0 Å². The maximum atomic E-state index is 12.1. The molecule has 2 aromatic rings. The molecule has 2 N–H and O–H groups in total. The lowest BCUT2D eigenvalue weighted by atomic mass is 9.85. The Kier molecular flexibility index (Phi) is 7.37. The Morgan fingerprint density at radius 3 is 1.91 bits per heavy atom. The summed E-state index contributed by atoms with van der Waals surface area (Å²) >= 11 is 0. The van der Waals surface area contributed by atoms with Crippen LogP contribution in [0.1, 0.15) is 17.0 Å². The summed E-state index contributed by atoms with van der Waals surface area (Å²) in [6.45, 7) is 3.70. The van der Waals surface area contributed by atoms with Crippen LogP contribution in [0.25, 0.3) is 0 Å². The third-order valence-corrected chi connectivity index (χ3v) is 3.29. The third kappa shape index (κ3) is 4.45. The fourth-order valence-corrected chi connectivity index (χ4v) is 2.30. The lowest BCUT2D eigenvalue weighted by molar-refractivity contribution is -0.144. The monoisotopic (exact) mass is 317 g/mol. The van der Waals surface area contributed by atoms with Crippen molar-refractivity contribution in [3.63, 3.8) is 0 Å². The molecule has 2 rings (SSSR count). The van der Waals surface area contributed by atoms with Crippen LogP contribution in [0.3, 0.4) is 0 Å². The van der Waals surface area contributed by atoms with Crippen molar-refractivity contribution < 1.29 is 9.53 Å². The molecule has 0 bridgehead atoms. The van der Waals surface area contributed by atoms with Gasteiger partial charge in [0.25, 0.3) is 0 Å². The van der Waals surface area contributed by atoms with E-state index in [0.29, 0.717) is 0 Å². The molecule has 0 unspecified atom stereocenters. The molecule has 0 saturated heterocycles. The van der Waals surface area contributed by atoms with Crippen LogP contribution >= 0.6 is 12.4 Å². The van der Waals surface area contributed by atoms with Gasteiger partial charge < -0.3 is 10.5 Å². The van der Waals surface area contributed by atoms with Crippen molar-refractivity contribution in [2.75, 3.05) is 6.61 Å². The lowest BCUT2D eigenvalue weighted by Gasteiger charge is -2.23. The largest absolute Gasteiger partial charge is 0.460 e. The van der Waals surface area contributed by atoms with Crippen LogP contribution in [-0.2, 0) is 9.53 Å². The summed E-state index contributed by atoms with van der Waals surface area (Å²) in [5.41, 5.74) is 8.14. The first-order valence-corrected chi connectivity index (χ1v) is 6.87. The summed E-state index contributed by atoms with van der Waals surface area (Å²) in [7, 11) is 0. The van der Waals surface area contributed by atoms with E-state index in [-0.39, 0.29) is 24.9 Å². The van der Waals surface area contributed by atoms with E-state index in [1.807, 2.05) is 60.7 Å². The fraction of sp³-hybridized carbons (Fsp3) is 0.167. The molecule has 3 nitrogen and oxygen atoms in total. The van der Waals surface area contributed by atoms with Crippen LogP contribution < -0.4 is 5.73 Å². The normalized spacial score (nSPS) is 11.4. The average molecular weight is 318 g/mol. The van der Waals surface area contributed by atoms with E-state index >= 15 is 0 Å². The summed E-state index contributed by atoms with van der Waals surface area (Å²) in [6, 6.07) is 18.8. The second-order valence-electron chi connectivity index (χ2n) is 4.74. The second kappa shape index (κ2) is 9.03. The van der Waals surface area contributed by atoms with E-state index in [9.17, 15) is 4.79 Å². The molecule has 0 amide bonds. The number of hydrogen-bond acceptors (Lipinski definition) is 3. The number of esters is 1. The highest BCUT2D eigenvalue weighted by atomic mass is 35.5. The van der Waals surface area contributed by atoms with Gasteiger partial charge in [0.1, 0.15) is 12.6 Å². The summed E-state index contributed by atoms with van der Waals surface area (Å²) < 4.78 is 5.09. The molecule has 0 aliphatic rings. The number of rotatable bonds is 6. The van der Waals surface area contributed by atoms with E-state index in [1.165, 1.54) is 6.08 Å². The van der Waals surface area contributed by atoms with Crippen molar-refractivity contribution in [3.8, 4) is 0 Å². The fourth-order valence-electron chi connectivity index (χ4n) is 2.30. The van der Waals surface area contributed by atoms with Gasteiger partial charge in [-0.05, 0) is 11.1 Å². The zero-order chi connectivity index (χ0) is 15.1. The molecule has 0 aromatic heterocycles. The van der Waals surface area contributed by atoms with Gasteiger partial charge in [-0.1, -0.05) is 73.3 Å². The Hall–Kier alpha value is -2.10. The minimum Gasteiger partial charge on any atom is -0.460 e. The Labute approximate surface area is 137 Å². The van der Waals surface area contributed by atoms with Crippen molar-refractivity contribution in [1.82, 2.24) is 0 Å². The highest BCUT2D eigenvalue weighted by molar-refractivity contribution is 5.85. The second-order valence-corrected chi connectivity index (χ2v) is 4.74. The maximum absolute atomic E-state index is 12.1. The summed E-state index contributed by atoms with van der Waals surface area (Å²) in [5.74, 6) is -0.655. The standard InChI is InChI=1S/C18H19NO2.ClH/c1-2-13-21-18(20)17(19)16(14-9-5-3-6-10-14)15-11-7-4-8-12-15;/h2-12,16-17H,1,13,19H2;1H/t17-;/m0./s1. The first kappa shape index (κ1) is 18.0. The Morgan fingerprint density at radius 1 is 1.05 bits per heavy atom. The Bertz CT molecular complexity index is 547. The van der Waals surface area contributed by atoms with Crippen molar-refractivity contribution in [1.29, 1.82) is 0 Å². The van der Waals surface area contributed by atoms with E-state index in [0.717, 1.165) is 11.1 Å². The molecule has 0 heterocycles. The van der Waals surface area contributed by atoms with Crippen LogP contribution in [0.5, 0.6) is 0 Å². The van der Waals surface area contributed by atoms with Gasteiger partial charge in [-0.25, -0.2) is 0 Å². The molecule has 0 saturated carbocycles. The van der Waals surface area contributed by atoms with Gasteiger partial charge in [-0.15, -0.1) is 12.4 Å². The van der Waals surface area contributed by atoms with Crippen molar-refractivity contribution >= 4 is 18.4 Å². The number of carbonyl (C=O) groups excluding carboxylic acids is 1. The summed E-state index contributed by atoms with van der Waals surface area (Å²) in [6.07, 6.45) is 1.53. The third-order valence-electron chi connectivity index (χ3n) is 3.29. The molecule has 0 fully saturated rings. The van der Waals surface area contributed by atoms with Crippen LogP contribution in [0, 0.1) is 0 Å². The molecular formula is C18H20ClNO2. The zero-order valence-electron chi connectivity index (χ0n) is 12.2.